The summed E-state index contributed by atoms with van der Waals surface area (Å²) in [5.41, 5.74) is 0.536. The molecule has 6 heteroatoms. The highest BCUT2D eigenvalue weighted by atomic mass is 19.1. The van der Waals surface area contributed by atoms with Crippen molar-refractivity contribution in [2.75, 3.05) is 27.3 Å². The largest absolute Gasteiger partial charge is 0.493 e. The number of hydrogen-bond donors (Lipinski definition) is 1. The summed E-state index contributed by atoms with van der Waals surface area (Å²) >= 11 is 0. The minimum Gasteiger partial charge on any atom is -0.493 e. The first kappa shape index (κ1) is 15.6. The van der Waals surface area contributed by atoms with E-state index < -0.39 is 0 Å². The SMILES string of the molecule is COc1cc(F)c(CN2CCC(=O)NCC2C)cc1OC. The van der Waals surface area contributed by atoms with E-state index in [4.69, 9.17) is 9.47 Å². The number of nitrogens with one attached hydrogen (secondary N) is 1. The number of carbonyl (C=O) groups excluding carboxylic acids is 1. The summed E-state index contributed by atoms with van der Waals surface area (Å²) in [6.07, 6.45) is 0.430. The number of methoxy groups -OCH3 is 2. The fourth-order valence-corrected chi connectivity index (χ4v) is 2.42. The molecule has 1 aliphatic rings. The average molecular weight is 296 g/mol. The van der Waals surface area contributed by atoms with Crippen molar-refractivity contribution in [3.63, 3.8) is 0 Å². The first-order valence-electron chi connectivity index (χ1n) is 6.96. The molecule has 0 aliphatic carbocycles. The summed E-state index contributed by atoms with van der Waals surface area (Å²) in [7, 11) is 3.00. The molecule has 0 radical (unpaired) electrons. The van der Waals surface area contributed by atoms with Crippen LogP contribution in [0, 0.1) is 5.82 Å². The van der Waals surface area contributed by atoms with Crippen LogP contribution in [-0.2, 0) is 11.3 Å². The molecule has 1 aromatic carbocycles. The summed E-state index contributed by atoms with van der Waals surface area (Å²) in [4.78, 5) is 13.5. The zero-order valence-electron chi connectivity index (χ0n) is 12.6. The molecule has 1 fully saturated rings. The number of carbonyl (C=O) groups is 1. The maximum atomic E-state index is 14.2. The fourth-order valence-electron chi connectivity index (χ4n) is 2.42. The highest BCUT2D eigenvalue weighted by Gasteiger charge is 2.22. The summed E-state index contributed by atoms with van der Waals surface area (Å²) in [6.45, 7) is 3.64. The van der Waals surface area contributed by atoms with Crippen LogP contribution in [0.2, 0.25) is 0 Å². The van der Waals surface area contributed by atoms with Crippen LogP contribution in [0.1, 0.15) is 18.9 Å². The van der Waals surface area contributed by atoms with Crippen LogP contribution in [-0.4, -0.2) is 44.2 Å². The number of hydrogen-bond acceptors (Lipinski definition) is 4. The van der Waals surface area contributed by atoms with Crippen molar-refractivity contribution >= 4 is 5.91 Å². The Morgan fingerprint density at radius 3 is 2.67 bits per heavy atom. The molecule has 1 saturated heterocycles. The van der Waals surface area contributed by atoms with Gasteiger partial charge in [-0.3, -0.25) is 9.69 Å². The summed E-state index contributed by atoms with van der Waals surface area (Å²) in [5.74, 6) is 0.589. The molecule has 0 spiro atoms. The quantitative estimate of drug-likeness (QED) is 0.916. The van der Waals surface area contributed by atoms with E-state index in [2.05, 4.69) is 10.2 Å². The molecule has 116 valence electrons. The molecular weight excluding hydrogens is 275 g/mol. The standard InChI is InChI=1S/C15H21FN2O3/c1-10-8-17-15(19)4-5-18(10)9-11-6-13(20-2)14(21-3)7-12(11)16/h6-7,10H,4-5,8-9H2,1-3H3,(H,17,19). The van der Waals surface area contributed by atoms with Gasteiger partial charge in [-0.25, -0.2) is 4.39 Å². The van der Waals surface area contributed by atoms with E-state index in [1.807, 2.05) is 6.92 Å². The highest BCUT2D eigenvalue weighted by molar-refractivity contribution is 5.76. The lowest BCUT2D eigenvalue weighted by atomic mass is 10.1. The Labute approximate surface area is 124 Å². The van der Waals surface area contributed by atoms with E-state index in [0.717, 1.165) is 0 Å². The molecule has 0 aromatic heterocycles. The van der Waals surface area contributed by atoms with Gasteiger partial charge in [-0.15, -0.1) is 0 Å². The Bertz CT molecular complexity index is 522. The summed E-state index contributed by atoms with van der Waals surface area (Å²) in [5, 5.41) is 2.85. The van der Waals surface area contributed by atoms with Crippen LogP contribution in [0.15, 0.2) is 12.1 Å². The second-order valence-electron chi connectivity index (χ2n) is 5.17. The van der Waals surface area contributed by atoms with Gasteiger partial charge in [-0.05, 0) is 13.0 Å². The Balaban J connectivity index is 2.20. The number of rotatable bonds is 4. The van der Waals surface area contributed by atoms with Crippen molar-refractivity contribution in [3.05, 3.63) is 23.5 Å². The molecule has 1 N–H and O–H groups in total. The maximum Gasteiger partial charge on any atom is 0.221 e. The zero-order chi connectivity index (χ0) is 15.4. The van der Waals surface area contributed by atoms with Crippen LogP contribution in [0.5, 0.6) is 11.5 Å². The van der Waals surface area contributed by atoms with Gasteiger partial charge < -0.3 is 14.8 Å². The predicted molar refractivity (Wildman–Crippen MR) is 77.0 cm³/mol. The molecule has 1 amide bonds. The van der Waals surface area contributed by atoms with E-state index in [1.165, 1.54) is 20.3 Å². The van der Waals surface area contributed by atoms with Crippen LogP contribution in [0.25, 0.3) is 0 Å². The van der Waals surface area contributed by atoms with Crippen molar-refractivity contribution in [2.45, 2.75) is 25.9 Å². The van der Waals surface area contributed by atoms with Gasteiger partial charge in [0.15, 0.2) is 11.5 Å². The molecule has 0 saturated carbocycles. The monoisotopic (exact) mass is 296 g/mol. The Hall–Kier alpha value is -1.82. The number of benzene rings is 1. The molecule has 2 rings (SSSR count). The minimum absolute atomic E-state index is 0.0390. The number of amides is 1. The maximum absolute atomic E-state index is 14.2. The molecule has 5 nitrogen and oxygen atoms in total. The smallest absolute Gasteiger partial charge is 0.221 e. The van der Waals surface area contributed by atoms with Crippen molar-refractivity contribution in [2.24, 2.45) is 0 Å². The third-order valence-corrected chi connectivity index (χ3v) is 3.77. The molecule has 1 heterocycles. The average Bonchev–Trinajstić information content (AvgIpc) is 2.64. The predicted octanol–water partition coefficient (Wildman–Crippen LogP) is 1.55. The van der Waals surface area contributed by atoms with E-state index >= 15 is 0 Å². The van der Waals surface area contributed by atoms with Gasteiger partial charge in [-0.1, -0.05) is 0 Å². The van der Waals surface area contributed by atoms with E-state index in [-0.39, 0.29) is 17.8 Å². The Morgan fingerprint density at radius 2 is 2.00 bits per heavy atom. The number of ether oxygens (including phenoxy) is 2. The third-order valence-electron chi connectivity index (χ3n) is 3.77. The molecule has 1 unspecified atom stereocenters. The van der Waals surface area contributed by atoms with Crippen LogP contribution >= 0.6 is 0 Å². The zero-order valence-corrected chi connectivity index (χ0v) is 12.6. The fraction of sp³-hybridized carbons (Fsp3) is 0.533. The third kappa shape index (κ3) is 3.64. The van der Waals surface area contributed by atoms with Gasteiger partial charge in [0.25, 0.3) is 0 Å². The Morgan fingerprint density at radius 1 is 1.33 bits per heavy atom. The van der Waals surface area contributed by atoms with Crippen molar-refractivity contribution in [1.29, 1.82) is 0 Å². The molecule has 0 bridgehead atoms. The van der Waals surface area contributed by atoms with Gasteiger partial charge in [0.05, 0.1) is 14.2 Å². The molecule has 1 aliphatic heterocycles. The van der Waals surface area contributed by atoms with E-state index in [0.29, 0.717) is 43.1 Å². The summed E-state index contributed by atoms with van der Waals surface area (Å²) < 4.78 is 24.5. The van der Waals surface area contributed by atoms with Crippen molar-refractivity contribution in [3.8, 4) is 11.5 Å². The lowest BCUT2D eigenvalue weighted by molar-refractivity contribution is -0.120. The van der Waals surface area contributed by atoms with Crippen LogP contribution in [0.3, 0.4) is 0 Å². The molecular formula is C15H21FN2O3. The highest BCUT2D eigenvalue weighted by Crippen LogP contribution is 2.30. The second kappa shape index (κ2) is 6.76. The second-order valence-corrected chi connectivity index (χ2v) is 5.17. The molecule has 21 heavy (non-hydrogen) atoms. The lowest BCUT2D eigenvalue weighted by Crippen LogP contribution is -2.37. The van der Waals surface area contributed by atoms with Crippen molar-refractivity contribution < 1.29 is 18.7 Å². The van der Waals surface area contributed by atoms with Crippen molar-refractivity contribution in [1.82, 2.24) is 10.2 Å². The summed E-state index contributed by atoms with van der Waals surface area (Å²) in [6, 6.07) is 3.14. The van der Waals surface area contributed by atoms with Gasteiger partial charge in [0, 0.05) is 43.7 Å². The molecule has 1 aromatic rings. The molecule has 1 atom stereocenters. The minimum atomic E-state index is -0.330. The topological polar surface area (TPSA) is 50.8 Å². The number of nitrogens with zero attached hydrogens (tertiary/aromatic N) is 1. The van der Waals surface area contributed by atoms with Gasteiger partial charge in [-0.2, -0.15) is 0 Å². The first-order valence-corrected chi connectivity index (χ1v) is 6.96. The van der Waals surface area contributed by atoms with E-state index in [1.54, 1.807) is 6.07 Å². The first-order chi connectivity index (χ1) is 10.0. The van der Waals surface area contributed by atoms with Gasteiger partial charge in [0.1, 0.15) is 5.82 Å². The van der Waals surface area contributed by atoms with Crippen LogP contribution < -0.4 is 14.8 Å². The van der Waals surface area contributed by atoms with E-state index in [9.17, 15) is 9.18 Å². The van der Waals surface area contributed by atoms with Gasteiger partial charge >= 0.3 is 0 Å². The van der Waals surface area contributed by atoms with Gasteiger partial charge in [0.2, 0.25) is 5.91 Å². The van der Waals surface area contributed by atoms with Crippen LogP contribution in [0.4, 0.5) is 4.39 Å². The number of halogens is 1. The lowest BCUT2D eigenvalue weighted by Gasteiger charge is -2.26. The Kier molecular flexibility index (Phi) is 5.01. The normalized spacial score (nSPS) is 19.8.